The van der Waals surface area contributed by atoms with Crippen LogP contribution in [-0.4, -0.2) is 77.4 Å². The Morgan fingerprint density at radius 1 is 1.22 bits per heavy atom. The largest absolute Gasteiger partial charge is 0.495 e. The molecule has 2 fully saturated rings. The lowest BCUT2D eigenvalue weighted by molar-refractivity contribution is -0.144. The van der Waals surface area contributed by atoms with E-state index in [1.54, 1.807) is 30.5 Å². The molecule has 1 saturated carbocycles. The van der Waals surface area contributed by atoms with E-state index >= 15 is 0 Å². The molecule has 13 heteroatoms. The molecule has 0 bridgehead atoms. The Labute approximate surface area is 268 Å². The Bertz CT molecular complexity index is 1740. The van der Waals surface area contributed by atoms with Crippen LogP contribution in [0.5, 0.6) is 11.5 Å². The number of thiazole rings is 1. The van der Waals surface area contributed by atoms with E-state index in [0.717, 1.165) is 12.8 Å². The van der Waals surface area contributed by atoms with Gasteiger partial charge in [0.05, 0.1) is 32.0 Å². The fourth-order valence-electron chi connectivity index (χ4n) is 5.81. The smallest absolute Gasteiger partial charge is 0.332 e. The molecule has 6 rings (SSSR count). The van der Waals surface area contributed by atoms with Gasteiger partial charge in [-0.05, 0) is 43.9 Å². The molecule has 4 atom stereocenters. The summed E-state index contributed by atoms with van der Waals surface area (Å²) in [5, 5.41) is 6.34. The predicted octanol–water partition coefficient (Wildman–Crippen LogP) is 5.46. The highest BCUT2D eigenvalue weighted by Crippen LogP contribution is 2.46. The molecule has 1 aliphatic carbocycles. The van der Waals surface area contributed by atoms with Crippen molar-refractivity contribution >= 4 is 64.0 Å². The number of halogens is 1. The second kappa shape index (κ2) is 12.6. The van der Waals surface area contributed by atoms with E-state index in [1.165, 1.54) is 30.5 Å². The van der Waals surface area contributed by atoms with E-state index in [4.69, 9.17) is 30.8 Å². The molecule has 3 amide bonds. The van der Waals surface area contributed by atoms with E-state index in [1.807, 2.05) is 17.5 Å². The zero-order chi connectivity index (χ0) is 31.7. The summed E-state index contributed by atoms with van der Waals surface area (Å²) in [5.74, 6) is -0.243. The molecule has 45 heavy (non-hydrogen) atoms. The summed E-state index contributed by atoms with van der Waals surface area (Å²) >= 11 is 8.11. The van der Waals surface area contributed by atoms with E-state index in [9.17, 15) is 14.4 Å². The van der Waals surface area contributed by atoms with Crippen molar-refractivity contribution in [3.8, 4) is 22.2 Å². The number of fused-ring (bicyclic) bond motifs is 3. The van der Waals surface area contributed by atoms with Crippen LogP contribution in [0.25, 0.3) is 27.7 Å². The van der Waals surface area contributed by atoms with E-state index in [2.05, 4.69) is 21.9 Å². The molecule has 1 N–H and O–H groups in total. The van der Waals surface area contributed by atoms with Crippen LogP contribution in [0.4, 0.5) is 4.79 Å². The fourth-order valence-corrected chi connectivity index (χ4v) is 6.86. The molecule has 1 saturated heterocycles. The molecule has 234 valence electrons. The van der Waals surface area contributed by atoms with Crippen molar-refractivity contribution in [3.63, 3.8) is 0 Å². The lowest BCUT2D eigenvalue weighted by atomic mass is 10.1. The summed E-state index contributed by atoms with van der Waals surface area (Å²) in [5.41, 5.74) is 0.534. The Morgan fingerprint density at radius 3 is 2.82 bits per heavy atom. The molecule has 1 aromatic carbocycles. The number of urea groups is 1. The van der Waals surface area contributed by atoms with Crippen molar-refractivity contribution in [1.82, 2.24) is 20.2 Å². The first-order chi connectivity index (χ1) is 21.8. The number of methoxy groups -OCH3 is 2. The van der Waals surface area contributed by atoms with Crippen molar-refractivity contribution in [2.45, 2.75) is 49.8 Å². The van der Waals surface area contributed by atoms with E-state index in [-0.39, 0.29) is 18.9 Å². The Morgan fingerprint density at radius 2 is 2.07 bits per heavy atom. The number of hydrogen-bond donors (Lipinski definition) is 1. The SMILES string of the molecule is C=Cc1csc(-c2cc(O[C@H]3C[C@H]4C(=O)N=CCCC/C=C\[C@H]5C[C@@]5(C(=O)OC)NC(=O)N4C3)c3ccc(OC)c(Cl)c3n2)n1. The number of nitrogens with zero attached hydrogens (tertiary/aromatic N) is 4. The van der Waals surface area contributed by atoms with Crippen molar-refractivity contribution in [2.75, 3.05) is 20.8 Å². The number of nitrogens with one attached hydrogen (secondary N) is 1. The number of carbonyl (C=O) groups excluding carboxylic acids is 3. The second-order valence-electron chi connectivity index (χ2n) is 11.1. The average molecular weight is 650 g/mol. The quantitative estimate of drug-likeness (QED) is 0.275. The minimum atomic E-state index is -1.17. The number of hydrogen-bond acceptors (Lipinski definition) is 9. The van der Waals surface area contributed by atoms with Crippen LogP contribution >= 0.6 is 22.9 Å². The van der Waals surface area contributed by atoms with Crippen molar-refractivity contribution < 1.29 is 28.6 Å². The standard InChI is InChI=1S/C32H32ClN5O6S/c1-4-19-17-45-29(35-19)22-14-25(21-10-11-24(42-2)26(33)27(21)36-22)44-20-13-23-28(39)34-12-8-6-5-7-9-18-15-32(18,30(40)43-3)37-31(41)38(23)16-20/h4,7,9-12,14,17-18,20,23H,1,5-6,8,13,15-16H2,2-3H3,(H,37,41)/b9-7-,34-12?/t18-,20-,23-,32+/m0/s1. The van der Waals surface area contributed by atoms with Crippen LogP contribution in [-0.2, 0) is 14.3 Å². The Hall–Kier alpha value is -4.29. The molecule has 11 nitrogen and oxygen atoms in total. The third kappa shape index (κ3) is 5.91. The summed E-state index contributed by atoms with van der Waals surface area (Å²) in [7, 11) is 2.83. The number of amides is 3. The molecule has 2 aromatic heterocycles. The van der Waals surface area contributed by atoms with Gasteiger partial charge >= 0.3 is 12.0 Å². The number of aromatic nitrogens is 2. The van der Waals surface area contributed by atoms with E-state index < -0.39 is 35.6 Å². The number of benzene rings is 1. The third-order valence-corrected chi connectivity index (χ3v) is 9.55. The number of esters is 1. The Kier molecular flexibility index (Phi) is 8.61. The lowest BCUT2D eigenvalue weighted by Gasteiger charge is -2.25. The van der Waals surface area contributed by atoms with Gasteiger partial charge in [0, 0.05) is 35.4 Å². The molecular weight excluding hydrogens is 618 g/mol. The van der Waals surface area contributed by atoms with Gasteiger partial charge in [-0.25, -0.2) is 24.5 Å². The van der Waals surface area contributed by atoms with Gasteiger partial charge < -0.3 is 24.4 Å². The normalized spacial score (nSPS) is 25.5. The van der Waals surface area contributed by atoms with Gasteiger partial charge in [0.25, 0.3) is 5.91 Å². The van der Waals surface area contributed by atoms with Gasteiger partial charge in [-0.3, -0.25) is 4.79 Å². The molecule has 0 spiro atoms. The fraction of sp³-hybridized carbons (Fsp3) is 0.375. The maximum absolute atomic E-state index is 13.7. The maximum atomic E-state index is 13.7. The summed E-state index contributed by atoms with van der Waals surface area (Å²) in [6, 6.07) is 3.87. The zero-order valence-corrected chi connectivity index (χ0v) is 26.4. The summed E-state index contributed by atoms with van der Waals surface area (Å²) < 4.78 is 17.0. The predicted molar refractivity (Wildman–Crippen MR) is 172 cm³/mol. The number of aliphatic imine (C=N–C) groups is 1. The van der Waals surface area contributed by atoms with Crippen molar-refractivity contribution in [3.05, 3.63) is 53.0 Å². The Balaban J connectivity index is 1.34. The minimum Gasteiger partial charge on any atom is -0.495 e. The first-order valence-corrected chi connectivity index (χ1v) is 15.9. The third-order valence-electron chi connectivity index (χ3n) is 8.30. The number of pyridine rings is 1. The highest BCUT2D eigenvalue weighted by atomic mass is 35.5. The van der Waals surface area contributed by atoms with Crippen LogP contribution in [0.1, 0.15) is 37.8 Å². The summed E-state index contributed by atoms with van der Waals surface area (Å²) in [6.45, 7) is 3.87. The van der Waals surface area contributed by atoms with Gasteiger partial charge in [0.1, 0.15) is 44.9 Å². The van der Waals surface area contributed by atoms with E-state index in [0.29, 0.717) is 56.7 Å². The maximum Gasteiger partial charge on any atom is 0.332 e. The first-order valence-electron chi connectivity index (χ1n) is 14.6. The molecule has 4 heterocycles. The monoisotopic (exact) mass is 649 g/mol. The molecule has 3 aliphatic rings. The second-order valence-corrected chi connectivity index (χ2v) is 12.4. The highest BCUT2D eigenvalue weighted by molar-refractivity contribution is 7.13. The summed E-state index contributed by atoms with van der Waals surface area (Å²) in [4.78, 5) is 54.8. The molecule has 3 aromatic rings. The molecule has 0 unspecified atom stereocenters. The number of rotatable bonds is 6. The van der Waals surface area contributed by atoms with Gasteiger partial charge in [0.15, 0.2) is 0 Å². The number of ether oxygens (including phenoxy) is 3. The topological polar surface area (TPSA) is 132 Å². The number of carbonyl (C=O) groups is 3. The first kappa shape index (κ1) is 30.7. The van der Waals surface area contributed by atoms with Crippen LogP contribution in [0.15, 0.2) is 47.3 Å². The van der Waals surface area contributed by atoms with Crippen molar-refractivity contribution in [2.24, 2.45) is 10.9 Å². The highest BCUT2D eigenvalue weighted by Gasteiger charge is 2.62. The van der Waals surface area contributed by atoms with Gasteiger partial charge in [-0.2, -0.15) is 0 Å². The number of allylic oxidation sites excluding steroid dienone is 1. The van der Waals surface area contributed by atoms with Crippen LogP contribution < -0.4 is 14.8 Å². The minimum absolute atomic E-state index is 0.0798. The zero-order valence-electron chi connectivity index (χ0n) is 24.8. The average Bonchev–Trinajstić information content (AvgIpc) is 3.34. The van der Waals surface area contributed by atoms with Crippen LogP contribution in [0.2, 0.25) is 5.02 Å². The molecule has 2 aliphatic heterocycles. The van der Waals surface area contributed by atoms with Gasteiger partial charge in [0.2, 0.25) is 0 Å². The molecule has 0 radical (unpaired) electrons. The van der Waals surface area contributed by atoms with Crippen LogP contribution in [0.3, 0.4) is 0 Å². The molecular formula is C32H32ClN5O6S. The van der Waals surface area contributed by atoms with Crippen LogP contribution in [0, 0.1) is 5.92 Å². The van der Waals surface area contributed by atoms with Gasteiger partial charge in [-0.15, -0.1) is 11.3 Å². The van der Waals surface area contributed by atoms with Crippen molar-refractivity contribution in [1.29, 1.82) is 0 Å². The summed E-state index contributed by atoms with van der Waals surface area (Å²) in [6.07, 6.45) is 9.41. The lowest BCUT2D eigenvalue weighted by Crippen LogP contribution is -2.53. The van der Waals surface area contributed by atoms with Gasteiger partial charge in [-0.1, -0.05) is 30.3 Å².